The first kappa shape index (κ1) is 21.3. The predicted octanol–water partition coefficient (Wildman–Crippen LogP) is 5.03. The number of benzene rings is 3. The van der Waals surface area contributed by atoms with Crippen LogP contribution >= 0.6 is 23.2 Å². The Balaban J connectivity index is 1.79. The highest BCUT2D eigenvalue weighted by Crippen LogP contribution is 2.25. The van der Waals surface area contributed by atoms with Crippen molar-refractivity contribution >= 4 is 44.8 Å². The van der Waals surface area contributed by atoms with Crippen molar-refractivity contribution in [2.75, 3.05) is 5.32 Å². The minimum atomic E-state index is -3.75. The molecular formula is C21H18Cl2N2O3S. The number of aryl methyl sites for hydroxylation is 1. The Hall–Kier alpha value is -2.38. The second-order valence-electron chi connectivity index (χ2n) is 6.37. The van der Waals surface area contributed by atoms with Crippen LogP contribution in [-0.2, 0) is 16.6 Å². The zero-order chi connectivity index (χ0) is 21.0. The lowest BCUT2D eigenvalue weighted by Crippen LogP contribution is -2.23. The number of carbonyl (C=O) groups is 1. The van der Waals surface area contributed by atoms with Crippen molar-refractivity contribution in [3.63, 3.8) is 0 Å². The predicted molar refractivity (Wildman–Crippen MR) is 116 cm³/mol. The molecule has 0 atom stereocenters. The molecule has 150 valence electrons. The summed E-state index contributed by atoms with van der Waals surface area (Å²) in [5.41, 5.74) is 2.27. The SMILES string of the molecule is Cc1ccc(S(=O)(=O)NCc2ccccc2)cc1NC(=O)c1ccc(Cl)c(Cl)c1. The van der Waals surface area contributed by atoms with Crippen molar-refractivity contribution in [3.05, 3.63) is 93.5 Å². The van der Waals surface area contributed by atoms with Crippen LogP contribution in [0.2, 0.25) is 10.0 Å². The molecule has 0 saturated carbocycles. The normalized spacial score (nSPS) is 11.3. The minimum absolute atomic E-state index is 0.0588. The summed E-state index contributed by atoms with van der Waals surface area (Å²) in [4.78, 5) is 12.6. The van der Waals surface area contributed by atoms with Gasteiger partial charge >= 0.3 is 0 Å². The average molecular weight is 449 g/mol. The molecule has 3 aromatic rings. The fraction of sp³-hybridized carbons (Fsp3) is 0.0952. The van der Waals surface area contributed by atoms with Gasteiger partial charge in [-0.05, 0) is 48.4 Å². The van der Waals surface area contributed by atoms with E-state index in [2.05, 4.69) is 10.0 Å². The zero-order valence-electron chi connectivity index (χ0n) is 15.4. The van der Waals surface area contributed by atoms with Gasteiger partial charge in [0, 0.05) is 17.8 Å². The zero-order valence-corrected chi connectivity index (χ0v) is 17.8. The molecule has 3 aromatic carbocycles. The van der Waals surface area contributed by atoms with Crippen LogP contribution in [-0.4, -0.2) is 14.3 Å². The van der Waals surface area contributed by atoms with Gasteiger partial charge in [0.2, 0.25) is 10.0 Å². The maximum Gasteiger partial charge on any atom is 0.255 e. The molecule has 3 rings (SSSR count). The van der Waals surface area contributed by atoms with Crippen LogP contribution in [0.1, 0.15) is 21.5 Å². The molecule has 29 heavy (non-hydrogen) atoms. The van der Waals surface area contributed by atoms with Gasteiger partial charge in [-0.3, -0.25) is 4.79 Å². The Morgan fingerprint density at radius 2 is 1.66 bits per heavy atom. The third kappa shape index (κ3) is 5.36. The number of hydrogen-bond donors (Lipinski definition) is 2. The van der Waals surface area contributed by atoms with Crippen molar-refractivity contribution in [1.82, 2.24) is 4.72 Å². The summed E-state index contributed by atoms with van der Waals surface area (Å²) in [6.07, 6.45) is 0. The highest BCUT2D eigenvalue weighted by atomic mass is 35.5. The van der Waals surface area contributed by atoms with Crippen LogP contribution < -0.4 is 10.0 Å². The van der Waals surface area contributed by atoms with Gasteiger partial charge in [-0.15, -0.1) is 0 Å². The average Bonchev–Trinajstić information content (AvgIpc) is 2.71. The first-order valence-corrected chi connectivity index (χ1v) is 10.9. The molecule has 0 aromatic heterocycles. The fourth-order valence-corrected chi connectivity index (χ4v) is 3.93. The molecule has 0 aliphatic rings. The Kier molecular flexibility index (Phi) is 6.59. The lowest BCUT2D eigenvalue weighted by atomic mass is 10.1. The number of nitrogens with one attached hydrogen (secondary N) is 2. The Morgan fingerprint density at radius 3 is 2.34 bits per heavy atom. The lowest BCUT2D eigenvalue weighted by Gasteiger charge is -2.12. The van der Waals surface area contributed by atoms with E-state index in [-0.39, 0.29) is 16.5 Å². The molecule has 8 heteroatoms. The van der Waals surface area contributed by atoms with E-state index in [0.717, 1.165) is 11.1 Å². The molecule has 0 unspecified atom stereocenters. The molecule has 0 heterocycles. The first-order valence-electron chi connectivity index (χ1n) is 8.67. The number of carbonyl (C=O) groups excluding carboxylic acids is 1. The molecule has 2 N–H and O–H groups in total. The number of anilines is 1. The molecular weight excluding hydrogens is 431 g/mol. The minimum Gasteiger partial charge on any atom is -0.322 e. The van der Waals surface area contributed by atoms with Gasteiger partial charge in [-0.25, -0.2) is 13.1 Å². The molecule has 0 aliphatic carbocycles. The van der Waals surface area contributed by atoms with E-state index >= 15 is 0 Å². The van der Waals surface area contributed by atoms with E-state index in [1.807, 2.05) is 30.3 Å². The smallest absolute Gasteiger partial charge is 0.255 e. The number of rotatable bonds is 6. The van der Waals surface area contributed by atoms with Crippen molar-refractivity contribution in [1.29, 1.82) is 0 Å². The van der Waals surface area contributed by atoms with Gasteiger partial charge in [0.05, 0.1) is 14.9 Å². The molecule has 5 nitrogen and oxygen atoms in total. The molecule has 1 amide bonds. The van der Waals surface area contributed by atoms with Crippen LogP contribution in [0.5, 0.6) is 0 Å². The van der Waals surface area contributed by atoms with Gasteiger partial charge in [-0.1, -0.05) is 59.6 Å². The Labute approximate surface area is 179 Å². The standard InChI is InChI=1S/C21H18Cl2N2O3S/c1-14-7-9-17(29(27,28)24-13-15-5-3-2-4-6-15)12-20(14)25-21(26)16-8-10-18(22)19(23)11-16/h2-12,24H,13H2,1H3,(H,25,26). The lowest BCUT2D eigenvalue weighted by molar-refractivity contribution is 0.102. The summed E-state index contributed by atoms with van der Waals surface area (Å²) in [5.74, 6) is -0.418. The molecule has 0 radical (unpaired) electrons. The van der Waals surface area contributed by atoms with Crippen molar-refractivity contribution in [3.8, 4) is 0 Å². The number of hydrogen-bond acceptors (Lipinski definition) is 3. The molecule has 0 aliphatic heterocycles. The summed E-state index contributed by atoms with van der Waals surface area (Å²) >= 11 is 11.8. The van der Waals surface area contributed by atoms with E-state index < -0.39 is 15.9 Å². The van der Waals surface area contributed by atoms with Gasteiger partial charge in [-0.2, -0.15) is 0 Å². The Bertz CT molecular complexity index is 1150. The van der Waals surface area contributed by atoms with Gasteiger partial charge in [0.1, 0.15) is 0 Å². The monoisotopic (exact) mass is 448 g/mol. The molecule has 0 bridgehead atoms. The van der Waals surface area contributed by atoms with E-state index in [9.17, 15) is 13.2 Å². The third-order valence-corrected chi connectivity index (χ3v) is 6.40. The fourth-order valence-electron chi connectivity index (χ4n) is 2.59. The molecule has 0 saturated heterocycles. The van der Waals surface area contributed by atoms with Crippen molar-refractivity contribution in [2.24, 2.45) is 0 Å². The number of sulfonamides is 1. The summed E-state index contributed by atoms with van der Waals surface area (Å²) < 4.78 is 27.9. The summed E-state index contributed by atoms with van der Waals surface area (Å²) in [6, 6.07) is 18.3. The van der Waals surface area contributed by atoms with E-state index in [1.54, 1.807) is 19.1 Å². The summed E-state index contributed by atoms with van der Waals surface area (Å²) in [7, 11) is -3.75. The topological polar surface area (TPSA) is 75.3 Å². The van der Waals surface area contributed by atoms with Gasteiger partial charge < -0.3 is 5.32 Å². The maximum absolute atomic E-state index is 12.7. The summed E-state index contributed by atoms with van der Waals surface area (Å²) in [6.45, 7) is 1.94. The van der Waals surface area contributed by atoms with E-state index in [4.69, 9.17) is 23.2 Å². The molecule has 0 fully saturated rings. The summed E-state index contributed by atoms with van der Waals surface area (Å²) in [5, 5.41) is 3.33. The van der Waals surface area contributed by atoms with Gasteiger partial charge in [0.25, 0.3) is 5.91 Å². The quantitative estimate of drug-likeness (QED) is 0.554. The van der Waals surface area contributed by atoms with Crippen LogP contribution in [0.25, 0.3) is 0 Å². The van der Waals surface area contributed by atoms with Crippen molar-refractivity contribution in [2.45, 2.75) is 18.4 Å². The van der Waals surface area contributed by atoms with Crippen LogP contribution in [0.4, 0.5) is 5.69 Å². The second kappa shape index (κ2) is 8.97. The number of halogens is 2. The van der Waals surface area contributed by atoms with Gasteiger partial charge in [0.15, 0.2) is 0 Å². The van der Waals surface area contributed by atoms with Crippen LogP contribution in [0.15, 0.2) is 71.6 Å². The Morgan fingerprint density at radius 1 is 0.931 bits per heavy atom. The first-order chi connectivity index (χ1) is 13.8. The van der Waals surface area contributed by atoms with Crippen LogP contribution in [0.3, 0.4) is 0 Å². The second-order valence-corrected chi connectivity index (χ2v) is 8.95. The maximum atomic E-state index is 12.7. The highest BCUT2D eigenvalue weighted by Gasteiger charge is 2.17. The van der Waals surface area contributed by atoms with E-state index in [1.165, 1.54) is 24.3 Å². The van der Waals surface area contributed by atoms with E-state index in [0.29, 0.717) is 16.3 Å². The van der Waals surface area contributed by atoms with Crippen molar-refractivity contribution < 1.29 is 13.2 Å². The third-order valence-electron chi connectivity index (χ3n) is 4.26. The van der Waals surface area contributed by atoms with Crippen LogP contribution in [0, 0.1) is 6.92 Å². The number of amides is 1. The molecule has 0 spiro atoms. The largest absolute Gasteiger partial charge is 0.322 e. The highest BCUT2D eigenvalue weighted by molar-refractivity contribution is 7.89.